The van der Waals surface area contributed by atoms with Crippen LogP contribution in [0.3, 0.4) is 0 Å². The van der Waals surface area contributed by atoms with E-state index < -0.39 is 0 Å². The summed E-state index contributed by atoms with van der Waals surface area (Å²) in [7, 11) is 1.90. The lowest BCUT2D eigenvalue weighted by Gasteiger charge is -2.17. The van der Waals surface area contributed by atoms with Crippen LogP contribution in [-0.2, 0) is 25.9 Å². The van der Waals surface area contributed by atoms with Crippen LogP contribution < -0.4 is 5.56 Å². The number of benzene rings is 1. The Hall–Kier alpha value is -2.05. The van der Waals surface area contributed by atoms with Crippen LogP contribution >= 0.6 is 11.3 Å². The van der Waals surface area contributed by atoms with E-state index in [4.69, 9.17) is 4.98 Å². The third-order valence-electron chi connectivity index (χ3n) is 5.03. The zero-order chi connectivity index (χ0) is 18.3. The predicted molar refractivity (Wildman–Crippen MR) is 103 cm³/mol. The topological polar surface area (TPSA) is 49.0 Å². The van der Waals surface area contributed by atoms with Crippen LogP contribution in [0.25, 0.3) is 10.2 Å². The molecule has 2 heterocycles. The zero-order valence-electron chi connectivity index (χ0n) is 15.0. The van der Waals surface area contributed by atoms with Crippen molar-refractivity contribution in [2.24, 2.45) is 5.92 Å². The van der Waals surface area contributed by atoms with Crippen molar-refractivity contribution in [1.29, 1.82) is 0 Å². The molecule has 0 radical (unpaired) electrons. The minimum atomic E-state index is -0.212. The van der Waals surface area contributed by atoms with Gasteiger partial charge in [0.1, 0.15) is 16.5 Å². The molecule has 1 aromatic carbocycles. The second-order valence-corrected chi connectivity index (χ2v) is 8.39. The molecule has 0 amide bonds. The molecule has 0 fully saturated rings. The van der Waals surface area contributed by atoms with E-state index in [2.05, 4.69) is 11.9 Å². The van der Waals surface area contributed by atoms with Gasteiger partial charge in [0, 0.05) is 17.0 Å². The number of fused-ring (bicyclic) bond motifs is 3. The largest absolute Gasteiger partial charge is 0.309 e. The summed E-state index contributed by atoms with van der Waals surface area (Å²) >= 11 is 1.66. The van der Waals surface area contributed by atoms with E-state index in [1.54, 1.807) is 23.5 Å². The van der Waals surface area contributed by atoms with Gasteiger partial charge in [-0.25, -0.2) is 9.37 Å². The lowest BCUT2D eigenvalue weighted by Crippen LogP contribution is -2.22. The number of rotatable bonds is 4. The van der Waals surface area contributed by atoms with Gasteiger partial charge in [0.05, 0.1) is 11.9 Å². The highest BCUT2D eigenvalue weighted by Crippen LogP contribution is 2.35. The average Bonchev–Trinajstić information content (AvgIpc) is 2.94. The number of thiophene rings is 1. The SMILES string of the molecule is C[C@@H]1CCc2c(sc3nc(CN(C)Cc4ccccc4F)[nH]c(=O)c23)C1. The molecule has 0 unspecified atom stereocenters. The van der Waals surface area contributed by atoms with E-state index in [9.17, 15) is 9.18 Å². The molecule has 4 rings (SSSR count). The van der Waals surface area contributed by atoms with E-state index >= 15 is 0 Å². The van der Waals surface area contributed by atoms with Crippen molar-refractivity contribution >= 4 is 21.6 Å². The lowest BCUT2D eigenvalue weighted by atomic mass is 9.89. The molecule has 0 aliphatic heterocycles. The summed E-state index contributed by atoms with van der Waals surface area (Å²) in [6.07, 6.45) is 3.14. The Morgan fingerprint density at radius 2 is 2.15 bits per heavy atom. The number of hydrogen-bond donors (Lipinski definition) is 1. The van der Waals surface area contributed by atoms with Crippen molar-refractivity contribution in [3.8, 4) is 0 Å². The molecule has 1 atom stereocenters. The van der Waals surface area contributed by atoms with Crippen LogP contribution in [0.5, 0.6) is 0 Å². The second kappa shape index (κ2) is 6.93. The highest BCUT2D eigenvalue weighted by atomic mass is 32.1. The molecule has 2 aromatic heterocycles. The summed E-state index contributed by atoms with van der Waals surface area (Å²) in [4.78, 5) is 24.4. The Kier molecular flexibility index (Phi) is 4.63. The Morgan fingerprint density at radius 1 is 1.35 bits per heavy atom. The van der Waals surface area contributed by atoms with E-state index in [1.807, 2.05) is 18.0 Å². The molecule has 1 N–H and O–H groups in total. The molecule has 0 bridgehead atoms. The van der Waals surface area contributed by atoms with Gasteiger partial charge in [-0.2, -0.15) is 0 Å². The number of halogens is 1. The van der Waals surface area contributed by atoms with Crippen LogP contribution in [-0.4, -0.2) is 21.9 Å². The third-order valence-corrected chi connectivity index (χ3v) is 6.18. The van der Waals surface area contributed by atoms with Gasteiger partial charge in [0.2, 0.25) is 0 Å². The second-order valence-electron chi connectivity index (χ2n) is 7.31. The first-order valence-electron chi connectivity index (χ1n) is 8.96. The molecule has 26 heavy (non-hydrogen) atoms. The van der Waals surface area contributed by atoms with Crippen LogP contribution in [0.1, 0.15) is 35.2 Å². The smallest absolute Gasteiger partial charge is 0.259 e. The Morgan fingerprint density at radius 3 is 2.96 bits per heavy atom. The Balaban J connectivity index is 1.59. The van der Waals surface area contributed by atoms with E-state index in [0.717, 1.165) is 29.5 Å². The molecule has 0 saturated heterocycles. The van der Waals surface area contributed by atoms with Gasteiger partial charge < -0.3 is 4.98 Å². The first-order chi connectivity index (χ1) is 12.5. The van der Waals surface area contributed by atoms with Crippen LogP contribution in [0.4, 0.5) is 4.39 Å². The molecule has 136 valence electrons. The Bertz CT molecular complexity index is 1010. The maximum Gasteiger partial charge on any atom is 0.259 e. The first kappa shape index (κ1) is 17.4. The van der Waals surface area contributed by atoms with Crippen molar-refractivity contribution in [3.63, 3.8) is 0 Å². The minimum absolute atomic E-state index is 0.0451. The molecule has 0 saturated carbocycles. The number of aromatic nitrogens is 2. The average molecular weight is 371 g/mol. The van der Waals surface area contributed by atoms with Crippen LogP contribution in [0.15, 0.2) is 29.1 Å². The number of aryl methyl sites for hydroxylation is 1. The first-order valence-corrected chi connectivity index (χ1v) is 9.78. The van der Waals surface area contributed by atoms with Crippen molar-refractivity contribution in [2.75, 3.05) is 7.05 Å². The fourth-order valence-corrected chi connectivity index (χ4v) is 5.10. The molecule has 6 heteroatoms. The third kappa shape index (κ3) is 3.31. The summed E-state index contributed by atoms with van der Waals surface area (Å²) in [5.41, 5.74) is 1.79. The molecule has 1 aliphatic carbocycles. The van der Waals surface area contributed by atoms with Crippen molar-refractivity contribution < 1.29 is 4.39 Å². The Labute approximate surface area is 155 Å². The fraction of sp³-hybridized carbons (Fsp3) is 0.400. The maximum absolute atomic E-state index is 13.8. The van der Waals surface area contributed by atoms with Crippen LogP contribution in [0.2, 0.25) is 0 Å². The summed E-state index contributed by atoms with van der Waals surface area (Å²) in [6, 6.07) is 6.76. The standard InChI is InChI=1S/C20H22FN3OS/c1-12-7-8-14-16(9-12)26-20-18(14)19(25)22-17(23-20)11-24(2)10-13-5-3-4-6-15(13)21/h3-6,12H,7-11H2,1-2H3,(H,22,23,25)/t12-/m1/s1. The highest BCUT2D eigenvalue weighted by molar-refractivity contribution is 7.18. The number of nitrogens with one attached hydrogen (secondary N) is 1. The van der Waals surface area contributed by atoms with Gasteiger partial charge in [0.25, 0.3) is 5.56 Å². The quantitative estimate of drug-likeness (QED) is 0.757. The number of H-pyrrole nitrogens is 1. The van der Waals surface area contributed by atoms with Crippen molar-refractivity contribution in [1.82, 2.24) is 14.9 Å². The van der Waals surface area contributed by atoms with Gasteiger partial charge in [0.15, 0.2) is 0 Å². The summed E-state index contributed by atoms with van der Waals surface area (Å²) < 4.78 is 13.8. The van der Waals surface area contributed by atoms with Gasteiger partial charge in [-0.15, -0.1) is 11.3 Å². The van der Waals surface area contributed by atoms with Gasteiger partial charge >= 0.3 is 0 Å². The normalized spacial score (nSPS) is 17.0. The number of aromatic amines is 1. The van der Waals surface area contributed by atoms with Gasteiger partial charge in [-0.3, -0.25) is 9.69 Å². The van der Waals surface area contributed by atoms with E-state index in [-0.39, 0.29) is 11.4 Å². The minimum Gasteiger partial charge on any atom is -0.309 e. The molecular weight excluding hydrogens is 349 g/mol. The molecule has 1 aliphatic rings. The van der Waals surface area contributed by atoms with Gasteiger partial charge in [-0.1, -0.05) is 25.1 Å². The fourth-order valence-electron chi connectivity index (χ4n) is 3.70. The number of nitrogens with zero attached hydrogens (tertiary/aromatic N) is 2. The molecular formula is C20H22FN3OS. The van der Waals surface area contributed by atoms with Crippen molar-refractivity contribution in [3.05, 3.63) is 62.3 Å². The molecule has 3 aromatic rings. The predicted octanol–water partition coefficient (Wildman–Crippen LogP) is 3.88. The van der Waals surface area contributed by atoms with Gasteiger partial charge in [-0.05, 0) is 43.9 Å². The lowest BCUT2D eigenvalue weighted by molar-refractivity contribution is 0.305. The van der Waals surface area contributed by atoms with E-state index in [0.29, 0.717) is 30.4 Å². The summed E-state index contributed by atoms with van der Waals surface area (Å²) in [6.45, 7) is 3.19. The summed E-state index contributed by atoms with van der Waals surface area (Å²) in [5, 5.41) is 0.775. The number of hydrogen-bond acceptors (Lipinski definition) is 4. The van der Waals surface area contributed by atoms with Crippen molar-refractivity contribution in [2.45, 2.75) is 39.3 Å². The maximum atomic E-state index is 13.8. The highest BCUT2D eigenvalue weighted by Gasteiger charge is 2.23. The monoisotopic (exact) mass is 371 g/mol. The molecule has 4 nitrogen and oxygen atoms in total. The summed E-state index contributed by atoms with van der Waals surface area (Å²) in [5.74, 6) is 1.09. The molecule has 0 spiro atoms. The van der Waals surface area contributed by atoms with E-state index in [1.165, 1.54) is 16.5 Å². The zero-order valence-corrected chi connectivity index (χ0v) is 15.8. The van der Waals surface area contributed by atoms with Crippen LogP contribution in [0, 0.1) is 11.7 Å².